The highest BCUT2D eigenvalue weighted by Crippen LogP contribution is 2.40. The number of likely N-dealkylation sites (tertiary alicyclic amines) is 1. The van der Waals surface area contributed by atoms with Crippen molar-refractivity contribution in [3.05, 3.63) is 106 Å². The predicted octanol–water partition coefficient (Wildman–Crippen LogP) is 5.38. The van der Waals surface area contributed by atoms with Crippen molar-refractivity contribution in [1.29, 1.82) is 0 Å². The average Bonchev–Trinajstić information content (AvgIpc) is 3.13. The van der Waals surface area contributed by atoms with Crippen molar-refractivity contribution in [2.24, 2.45) is 0 Å². The third-order valence-electron chi connectivity index (χ3n) is 5.85. The summed E-state index contributed by atoms with van der Waals surface area (Å²) in [5.74, 6) is -0.939. The van der Waals surface area contributed by atoms with Crippen LogP contribution in [0.4, 0.5) is 0 Å². The molecule has 35 heavy (non-hydrogen) atoms. The Hall–Kier alpha value is -3.61. The van der Waals surface area contributed by atoms with Gasteiger partial charge in [-0.05, 0) is 53.9 Å². The van der Waals surface area contributed by atoms with Crippen molar-refractivity contribution in [2.75, 3.05) is 20.3 Å². The molecule has 0 radical (unpaired) electrons. The summed E-state index contributed by atoms with van der Waals surface area (Å²) in [4.78, 5) is 27.5. The van der Waals surface area contributed by atoms with Crippen LogP contribution >= 0.6 is 11.6 Å². The molecule has 0 aliphatic carbocycles. The molecule has 1 aliphatic heterocycles. The molecule has 1 saturated heterocycles. The first kappa shape index (κ1) is 24.5. The van der Waals surface area contributed by atoms with E-state index in [0.717, 1.165) is 5.56 Å². The maximum atomic E-state index is 13.0. The van der Waals surface area contributed by atoms with E-state index in [1.165, 1.54) is 4.90 Å². The van der Waals surface area contributed by atoms with Gasteiger partial charge in [-0.2, -0.15) is 0 Å². The maximum Gasteiger partial charge on any atom is 0.295 e. The van der Waals surface area contributed by atoms with E-state index < -0.39 is 17.7 Å². The zero-order valence-corrected chi connectivity index (χ0v) is 20.1. The Morgan fingerprint density at radius 1 is 0.971 bits per heavy atom. The van der Waals surface area contributed by atoms with Crippen LogP contribution in [-0.2, 0) is 20.9 Å². The highest BCUT2D eigenvalue weighted by molar-refractivity contribution is 6.46. The van der Waals surface area contributed by atoms with Crippen LogP contribution in [0.2, 0.25) is 5.02 Å². The fraction of sp³-hybridized carbons (Fsp3) is 0.214. The molecule has 0 bridgehead atoms. The van der Waals surface area contributed by atoms with Crippen LogP contribution in [0.3, 0.4) is 0 Å². The molecule has 1 amide bonds. The summed E-state index contributed by atoms with van der Waals surface area (Å²) >= 11 is 5.98. The number of ether oxygens (including phenoxy) is 2. The number of hydrogen-bond acceptors (Lipinski definition) is 5. The Morgan fingerprint density at radius 3 is 2.31 bits per heavy atom. The number of hydrogen-bond donors (Lipinski definition) is 1. The van der Waals surface area contributed by atoms with Crippen molar-refractivity contribution < 1.29 is 24.2 Å². The summed E-state index contributed by atoms with van der Waals surface area (Å²) < 4.78 is 11.0. The minimum absolute atomic E-state index is 0.0488. The lowest BCUT2D eigenvalue weighted by Gasteiger charge is -2.25. The van der Waals surface area contributed by atoms with Gasteiger partial charge in [-0.15, -0.1) is 0 Å². The molecule has 0 saturated carbocycles. The van der Waals surface area contributed by atoms with Crippen molar-refractivity contribution in [2.45, 2.75) is 19.1 Å². The predicted molar refractivity (Wildman–Crippen MR) is 134 cm³/mol. The van der Waals surface area contributed by atoms with Gasteiger partial charge in [-0.3, -0.25) is 9.59 Å². The van der Waals surface area contributed by atoms with Gasteiger partial charge in [0.1, 0.15) is 18.1 Å². The van der Waals surface area contributed by atoms with Gasteiger partial charge >= 0.3 is 0 Å². The fourth-order valence-corrected chi connectivity index (χ4v) is 4.21. The number of aliphatic hydroxyl groups is 1. The number of nitrogens with zero attached hydrogens (tertiary/aromatic N) is 1. The van der Waals surface area contributed by atoms with E-state index in [-0.39, 0.29) is 11.3 Å². The van der Waals surface area contributed by atoms with Gasteiger partial charge < -0.3 is 19.5 Å². The number of halogens is 1. The molecule has 0 aromatic heterocycles. The van der Waals surface area contributed by atoms with Crippen LogP contribution in [0, 0.1) is 0 Å². The standard InChI is InChI=1S/C28H26ClNO5/c1-34-17-5-16-30-25(20-10-14-23(15-11-20)35-18-19-6-3-2-4-7-19)24(27(32)28(30)33)26(31)21-8-12-22(29)13-9-21/h2-4,6-15,25,31H,5,16-18H2,1H3/b26-24-. The van der Waals surface area contributed by atoms with E-state index in [1.54, 1.807) is 43.5 Å². The summed E-state index contributed by atoms with van der Waals surface area (Å²) in [6.07, 6.45) is 0.555. The molecule has 1 N–H and O–H groups in total. The zero-order valence-electron chi connectivity index (χ0n) is 19.3. The Labute approximate surface area is 209 Å². The second-order valence-electron chi connectivity index (χ2n) is 8.19. The van der Waals surface area contributed by atoms with Gasteiger partial charge in [0.2, 0.25) is 0 Å². The Bertz CT molecular complexity index is 1210. The van der Waals surface area contributed by atoms with Crippen molar-refractivity contribution in [1.82, 2.24) is 4.90 Å². The molecule has 1 heterocycles. The third-order valence-corrected chi connectivity index (χ3v) is 6.10. The second kappa shape index (κ2) is 11.2. The molecule has 1 aliphatic rings. The van der Waals surface area contributed by atoms with Gasteiger partial charge in [0, 0.05) is 30.8 Å². The number of aliphatic hydroxyl groups excluding tert-OH is 1. The molecule has 6 nitrogen and oxygen atoms in total. The van der Waals surface area contributed by atoms with E-state index in [4.69, 9.17) is 21.1 Å². The van der Waals surface area contributed by atoms with Gasteiger partial charge in [-0.1, -0.05) is 54.1 Å². The third kappa shape index (κ3) is 5.56. The Morgan fingerprint density at radius 2 is 1.66 bits per heavy atom. The first-order valence-electron chi connectivity index (χ1n) is 11.3. The van der Waals surface area contributed by atoms with Crippen molar-refractivity contribution in [3.63, 3.8) is 0 Å². The lowest BCUT2D eigenvalue weighted by molar-refractivity contribution is -0.140. The van der Waals surface area contributed by atoms with E-state index >= 15 is 0 Å². The molecule has 1 unspecified atom stereocenters. The smallest absolute Gasteiger partial charge is 0.295 e. The van der Waals surface area contributed by atoms with Crippen LogP contribution in [-0.4, -0.2) is 42.0 Å². The van der Waals surface area contributed by atoms with Crippen molar-refractivity contribution >= 4 is 29.1 Å². The summed E-state index contributed by atoms with van der Waals surface area (Å²) in [5, 5.41) is 11.6. The van der Waals surface area contributed by atoms with Gasteiger partial charge in [0.25, 0.3) is 11.7 Å². The number of methoxy groups -OCH3 is 1. The lowest BCUT2D eigenvalue weighted by atomic mass is 9.95. The van der Waals surface area contributed by atoms with E-state index in [0.29, 0.717) is 48.1 Å². The van der Waals surface area contributed by atoms with Crippen molar-refractivity contribution in [3.8, 4) is 5.75 Å². The SMILES string of the molecule is COCCCN1C(=O)C(=O)/C(=C(\O)c2ccc(Cl)cc2)C1c1ccc(OCc2ccccc2)cc1. The van der Waals surface area contributed by atoms with Gasteiger partial charge in [-0.25, -0.2) is 0 Å². The highest BCUT2D eigenvalue weighted by atomic mass is 35.5. The van der Waals surface area contributed by atoms with Crippen LogP contribution in [0.5, 0.6) is 5.75 Å². The maximum absolute atomic E-state index is 13.0. The number of ketones is 1. The number of rotatable bonds is 9. The number of amides is 1. The molecule has 3 aromatic rings. The van der Waals surface area contributed by atoms with Crippen LogP contribution in [0.25, 0.3) is 5.76 Å². The highest BCUT2D eigenvalue weighted by Gasteiger charge is 2.45. The molecular formula is C28H26ClNO5. The molecule has 1 fully saturated rings. The monoisotopic (exact) mass is 491 g/mol. The number of benzene rings is 3. The molecular weight excluding hydrogens is 466 g/mol. The second-order valence-corrected chi connectivity index (χ2v) is 8.63. The lowest BCUT2D eigenvalue weighted by Crippen LogP contribution is -2.31. The quantitative estimate of drug-likeness (QED) is 0.188. The average molecular weight is 492 g/mol. The Kier molecular flexibility index (Phi) is 7.85. The normalized spacial score (nSPS) is 17.1. The van der Waals surface area contributed by atoms with Crippen LogP contribution in [0.1, 0.15) is 29.2 Å². The molecule has 4 rings (SSSR count). The largest absolute Gasteiger partial charge is 0.507 e. The summed E-state index contributed by atoms with van der Waals surface area (Å²) in [5.41, 5.74) is 2.21. The Balaban J connectivity index is 1.66. The zero-order chi connectivity index (χ0) is 24.8. The van der Waals surface area contributed by atoms with E-state index in [1.807, 2.05) is 42.5 Å². The minimum Gasteiger partial charge on any atom is -0.507 e. The first-order chi connectivity index (χ1) is 17.0. The molecule has 3 aromatic carbocycles. The first-order valence-corrected chi connectivity index (χ1v) is 11.7. The molecule has 180 valence electrons. The van der Waals surface area contributed by atoms with E-state index in [9.17, 15) is 14.7 Å². The number of Topliss-reactive ketones (excluding diaryl/α,β-unsaturated/α-hetero) is 1. The van der Waals surface area contributed by atoms with Crippen LogP contribution < -0.4 is 4.74 Å². The van der Waals surface area contributed by atoms with Crippen LogP contribution in [0.15, 0.2) is 84.4 Å². The number of carbonyl (C=O) groups is 2. The van der Waals surface area contributed by atoms with E-state index in [2.05, 4.69) is 0 Å². The van der Waals surface area contributed by atoms with Gasteiger partial charge in [0.05, 0.1) is 11.6 Å². The summed E-state index contributed by atoms with van der Waals surface area (Å²) in [6, 6.07) is 22.8. The fourth-order valence-electron chi connectivity index (χ4n) is 4.09. The molecule has 0 spiro atoms. The summed E-state index contributed by atoms with van der Waals surface area (Å²) in [7, 11) is 1.58. The molecule has 1 atom stereocenters. The topological polar surface area (TPSA) is 76.1 Å². The minimum atomic E-state index is -0.731. The number of carbonyl (C=O) groups excluding carboxylic acids is 2. The van der Waals surface area contributed by atoms with Gasteiger partial charge in [0.15, 0.2) is 0 Å². The molecule has 7 heteroatoms. The summed E-state index contributed by atoms with van der Waals surface area (Å²) in [6.45, 7) is 1.18.